The molecule has 0 saturated carbocycles. The summed E-state index contributed by atoms with van der Waals surface area (Å²) in [6.07, 6.45) is 2.77. The summed E-state index contributed by atoms with van der Waals surface area (Å²) in [4.78, 5) is 52.8. The summed E-state index contributed by atoms with van der Waals surface area (Å²) >= 11 is 0. The first kappa shape index (κ1) is 25.6. The normalized spacial score (nSPS) is 21.3. The monoisotopic (exact) mass is 527 g/mol. The van der Waals surface area contributed by atoms with Crippen molar-refractivity contribution in [2.45, 2.75) is 50.7 Å². The maximum Gasteiger partial charge on any atom is 0.255 e. The number of fused-ring (bicyclic) bond motifs is 1. The van der Waals surface area contributed by atoms with Crippen molar-refractivity contribution < 1.29 is 37.4 Å². The van der Waals surface area contributed by atoms with E-state index in [1.54, 1.807) is 23.1 Å². The molecule has 38 heavy (non-hydrogen) atoms. The molecule has 2 atom stereocenters. The molecule has 2 aromatic rings. The van der Waals surface area contributed by atoms with Gasteiger partial charge in [-0.05, 0) is 61.6 Å². The van der Waals surface area contributed by atoms with Crippen LogP contribution in [-0.2, 0) is 16.1 Å². The number of hydrogen-bond acceptors (Lipinski definition) is 6. The molecule has 0 radical (unpaired) electrons. The van der Waals surface area contributed by atoms with E-state index in [1.165, 1.54) is 4.90 Å². The largest absolute Gasteiger partial charge is 0.491 e. The van der Waals surface area contributed by atoms with Gasteiger partial charge in [0.25, 0.3) is 11.8 Å². The van der Waals surface area contributed by atoms with Gasteiger partial charge in [0.1, 0.15) is 18.4 Å². The fourth-order valence-corrected chi connectivity index (χ4v) is 5.32. The third kappa shape index (κ3) is 4.80. The average Bonchev–Trinajstić information content (AvgIpc) is 3.22. The van der Waals surface area contributed by atoms with E-state index >= 15 is 0 Å². The highest BCUT2D eigenvalue weighted by molar-refractivity contribution is 6.05. The van der Waals surface area contributed by atoms with Crippen molar-refractivity contribution in [2.24, 2.45) is 0 Å². The number of halogens is 2. The molecule has 2 unspecified atom stereocenters. The fourth-order valence-electron chi connectivity index (χ4n) is 5.32. The Balaban J connectivity index is 1.26. The zero-order chi connectivity index (χ0) is 27.0. The van der Waals surface area contributed by atoms with Crippen LogP contribution in [0.1, 0.15) is 58.4 Å². The number of imide groups is 1. The molecule has 4 amide bonds. The van der Waals surface area contributed by atoms with Crippen molar-refractivity contribution >= 4 is 23.6 Å². The van der Waals surface area contributed by atoms with Crippen LogP contribution in [0.15, 0.2) is 30.3 Å². The quantitative estimate of drug-likeness (QED) is 0.580. The molecule has 2 saturated heterocycles. The molecule has 3 heterocycles. The number of rotatable bonds is 6. The minimum atomic E-state index is -0.945. The number of ether oxygens (including phenoxy) is 2. The van der Waals surface area contributed by atoms with E-state index in [0.29, 0.717) is 29.8 Å². The third-order valence-electron chi connectivity index (χ3n) is 7.27. The molecule has 11 heteroatoms. The molecule has 3 aliphatic rings. The summed E-state index contributed by atoms with van der Waals surface area (Å²) in [6.45, 7) is 0.818. The van der Waals surface area contributed by atoms with Crippen LogP contribution >= 0.6 is 0 Å². The minimum absolute atomic E-state index is 0.0997. The SMILES string of the molecule is COc1c(F)cc(C(=O)N2CCCCC2COc2ccc3c(c2)CN(C2CCC(=O)NC2=O)C3=O)cc1F. The molecule has 1 N–H and O–H groups in total. The zero-order valence-corrected chi connectivity index (χ0v) is 20.8. The molecule has 5 rings (SSSR count). The van der Waals surface area contributed by atoms with Crippen LogP contribution in [0.25, 0.3) is 0 Å². The minimum Gasteiger partial charge on any atom is -0.491 e. The number of benzene rings is 2. The Hall–Kier alpha value is -4.02. The van der Waals surface area contributed by atoms with Crippen LogP contribution in [0.4, 0.5) is 8.78 Å². The van der Waals surface area contributed by atoms with Gasteiger partial charge in [-0.1, -0.05) is 0 Å². The topological polar surface area (TPSA) is 105 Å². The number of carbonyl (C=O) groups is 4. The van der Waals surface area contributed by atoms with Gasteiger partial charge in [-0.3, -0.25) is 24.5 Å². The lowest BCUT2D eigenvalue weighted by Gasteiger charge is -2.35. The second-order valence-electron chi connectivity index (χ2n) is 9.65. The van der Waals surface area contributed by atoms with Crippen molar-refractivity contribution in [2.75, 3.05) is 20.3 Å². The molecule has 0 spiro atoms. The number of hydrogen-bond donors (Lipinski definition) is 1. The Morgan fingerprint density at radius 3 is 2.55 bits per heavy atom. The maximum atomic E-state index is 14.2. The van der Waals surface area contributed by atoms with Gasteiger partial charge in [0.2, 0.25) is 11.8 Å². The molecular formula is C27H27F2N3O6. The predicted octanol–water partition coefficient (Wildman–Crippen LogP) is 2.81. The van der Waals surface area contributed by atoms with E-state index in [1.807, 2.05) is 0 Å². The van der Waals surface area contributed by atoms with Crippen molar-refractivity contribution in [1.82, 2.24) is 15.1 Å². The van der Waals surface area contributed by atoms with Gasteiger partial charge in [0, 0.05) is 30.6 Å². The van der Waals surface area contributed by atoms with Crippen LogP contribution in [0.3, 0.4) is 0 Å². The van der Waals surface area contributed by atoms with Crippen LogP contribution < -0.4 is 14.8 Å². The number of likely N-dealkylation sites (tertiary alicyclic amines) is 1. The van der Waals surface area contributed by atoms with E-state index in [4.69, 9.17) is 9.47 Å². The molecule has 2 aromatic carbocycles. The van der Waals surface area contributed by atoms with E-state index in [-0.39, 0.29) is 49.4 Å². The fraction of sp³-hybridized carbons (Fsp3) is 0.407. The molecule has 0 aliphatic carbocycles. The zero-order valence-electron chi connectivity index (χ0n) is 20.8. The first-order chi connectivity index (χ1) is 18.3. The summed E-state index contributed by atoms with van der Waals surface area (Å²) in [5.41, 5.74) is 1.08. The Labute approximate surface area is 217 Å². The van der Waals surface area contributed by atoms with E-state index in [0.717, 1.165) is 32.1 Å². The number of nitrogens with one attached hydrogen (secondary N) is 1. The highest BCUT2D eigenvalue weighted by Gasteiger charge is 2.39. The number of amides is 4. The molecule has 9 nitrogen and oxygen atoms in total. The van der Waals surface area contributed by atoms with Gasteiger partial charge in [0.15, 0.2) is 17.4 Å². The second kappa shape index (κ2) is 10.4. The van der Waals surface area contributed by atoms with Crippen LogP contribution in [-0.4, -0.2) is 65.8 Å². The molecule has 3 aliphatic heterocycles. The standard InChI is InChI=1S/C27H27F2N3O6/c1-37-24-20(28)11-15(12-21(24)29)26(35)31-9-3-2-4-17(31)14-38-18-5-6-19-16(10-18)13-32(27(19)36)22-7-8-23(33)30-25(22)34/h5-6,10-12,17,22H,2-4,7-9,13-14H2,1H3,(H,30,33,34). The lowest BCUT2D eigenvalue weighted by molar-refractivity contribution is -0.136. The lowest BCUT2D eigenvalue weighted by atomic mass is 10.0. The smallest absolute Gasteiger partial charge is 0.255 e. The van der Waals surface area contributed by atoms with E-state index < -0.39 is 35.2 Å². The first-order valence-corrected chi connectivity index (χ1v) is 12.5. The molecular weight excluding hydrogens is 500 g/mol. The van der Waals surface area contributed by atoms with Crippen LogP contribution in [0.2, 0.25) is 0 Å². The summed E-state index contributed by atoms with van der Waals surface area (Å²) in [5, 5.41) is 2.28. The van der Waals surface area contributed by atoms with E-state index in [9.17, 15) is 28.0 Å². The number of nitrogens with zero attached hydrogens (tertiary/aromatic N) is 2. The Bertz CT molecular complexity index is 1290. The van der Waals surface area contributed by atoms with E-state index in [2.05, 4.69) is 5.32 Å². The summed E-state index contributed by atoms with van der Waals surface area (Å²) in [7, 11) is 1.16. The summed E-state index contributed by atoms with van der Waals surface area (Å²) < 4.78 is 39.1. The van der Waals surface area contributed by atoms with Gasteiger partial charge in [0.05, 0.1) is 13.2 Å². The van der Waals surface area contributed by atoms with Gasteiger partial charge >= 0.3 is 0 Å². The van der Waals surface area contributed by atoms with Crippen molar-refractivity contribution in [1.29, 1.82) is 0 Å². The Kier molecular flexibility index (Phi) is 7.00. The molecule has 2 fully saturated rings. The van der Waals surface area contributed by atoms with Crippen LogP contribution in [0, 0.1) is 11.6 Å². The Morgan fingerprint density at radius 1 is 1.08 bits per heavy atom. The summed E-state index contributed by atoms with van der Waals surface area (Å²) in [6, 6.07) is 5.98. The third-order valence-corrected chi connectivity index (χ3v) is 7.27. The highest BCUT2D eigenvalue weighted by atomic mass is 19.1. The second-order valence-corrected chi connectivity index (χ2v) is 9.65. The maximum absolute atomic E-state index is 14.2. The van der Waals surface area contributed by atoms with Crippen molar-refractivity contribution in [3.8, 4) is 11.5 Å². The number of methoxy groups -OCH3 is 1. The number of piperidine rings is 2. The predicted molar refractivity (Wildman–Crippen MR) is 130 cm³/mol. The van der Waals surface area contributed by atoms with Crippen molar-refractivity contribution in [3.63, 3.8) is 0 Å². The Morgan fingerprint density at radius 2 is 1.84 bits per heavy atom. The van der Waals surface area contributed by atoms with Gasteiger partial charge in [-0.2, -0.15) is 0 Å². The average molecular weight is 528 g/mol. The molecule has 0 bridgehead atoms. The molecule has 0 aromatic heterocycles. The lowest BCUT2D eigenvalue weighted by Crippen LogP contribution is -2.52. The van der Waals surface area contributed by atoms with Gasteiger partial charge in [-0.15, -0.1) is 0 Å². The van der Waals surface area contributed by atoms with Gasteiger partial charge in [-0.25, -0.2) is 8.78 Å². The van der Waals surface area contributed by atoms with Crippen molar-refractivity contribution in [3.05, 3.63) is 58.7 Å². The highest BCUT2D eigenvalue weighted by Crippen LogP contribution is 2.31. The van der Waals surface area contributed by atoms with Gasteiger partial charge < -0.3 is 19.3 Å². The summed E-state index contributed by atoms with van der Waals surface area (Å²) in [5.74, 6) is -3.50. The number of carbonyl (C=O) groups excluding carboxylic acids is 4. The van der Waals surface area contributed by atoms with Crippen LogP contribution in [0.5, 0.6) is 11.5 Å². The first-order valence-electron chi connectivity index (χ1n) is 12.5. The molecule has 200 valence electrons.